The minimum Gasteiger partial charge on any atom is -0.468 e. The second kappa shape index (κ2) is 5.93. The summed E-state index contributed by atoms with van der Waals surface area (Å²) < 4.78 is 17.8. The minimum atomic E-state index is -0.708. The SMILES string of the molecule is CCN(CC(=O)OC)C(=O)c1ccncc1F. The smallest absolute Gasteiger partial charge is 0.325 e. The molecule has 0 saturated heterocycles. The molecule has 0 aliphatic rings. The zero-order valence-electron chi connectivity index (χ0n) is 9.64. The summed E-state index contributed by atoms with van der Waals surface area (Å²) in [6, 6.07) is 1.28. The fraction of sp³-hybridized carbons (Fsp3) is 0.364. The summed E-state index contributed by atoms with van der Waals surface area (Å²) in [5.41, 5.74) is -0.106. The number of nitrogens with zero attached hydrogens (tertiary/aromatic N) is 2. The molecule has 0 spiro atoms. The van der Waals surface area contributed by atoms with Crippen molar-refractivity contribution in [3.8, 4) is 0 Å². The van der Waals surface area contributed by atoms with Gasteiger partial charge >= 0.3 is 5.97 Å². The average molecular weight is 240 g/mol. The third-order valence-electron chi connectivity index (χ3n) is 2.22. The molecular formula is C11H13FN2O3. The first-order valence-electron chi connectivity index (χ1n) is 5.05. The van der Waals surface area contributed by atoms with Gasteiger partial charge in [-0.05, 0) is 13.0 Å². The monoisotopic (exact) mass is 240 g/mol. The number of pyridine rings is 1. The maximum atomic E-state index is 13.3. The predicted octanol–water partition coefficient (Wildman–Crippen LogP) is 0.856. The van der Waals surface area contributed by atoms with Crippen molar-refractivity contribution in [3.63, 3.8) is 0 Å². The molecule has 0 aromatic carbocycles. The van der Waals surface area contributed by atoms with E-state index in [1.54, 1.807) is 6.92 Å². The molecule has 6 heteroatoms. The lowest BCUT2D eigenvalue weighted by Gasteiger charge is -2.19. The van der Waals surface area contributed by atoms with Gasteiger partial charge in [-0.2, -0.15) is 0 Å². The molecule has 0 aliphatic heterocycles. The Labute approximate surface area is 98.2 Å². The molecule has 1 aromatic heterocycles. The number of aromatic nitrogens is 1. The molecule has 17 heavy (non-hydrogen) atoms. The van der Waals surface area contributed by atoms with Crippen LogP contribution in [0.3, 0.4) is 0 Å². The van der Waals surface area contributed by atoms with Crippen molar-refractivity contribution in [2.75, 3.05) is 20.2 Å². The molecule has 1 rings (SSSR count). The van der Waals surface area contributed by atoms with Crippen LogP contribution < -0.4 is 0 Å². The number of carbonyl (C=O) groups is 2. The number of hydrogen-bond donors (Lipinski definition) is 0. The minimum absolute atomic E-state index is 0.106. The van der Waals surface area contributed by atoms with E-state index in [9.17, 15) is 14.0 Å². The van der Waals surface area contributed by atoms with E-state index in [4.69, 9.17) is 0 Å². The highest BCUT2D eigenvalue weighted by Gasteiger charge is 2.20. The summed E-state index contributed by atoms with van der Waals surface area (Å²) in [6.07, 6.45) is 2.28. The van der Waals surface area contributed by atoms with Gasteiger partial charge in [0.2, 0.25) is 0 Å². The van der Waals surface area contributed by atoms with E-state index in [-0.39, 0.29) is 18.7 Å². The van der Waals surface area contributed by atoms with E-state index in [0.717, 1.165) is 6.20 Å². The maximum absolute atomic E-state index is 13.3. The standard InChI is InChI=1S/C11H13FN2O3/c1-3-14(7-10(15)17-2)11(16)8-4-5-13-6-9(8)12/h4-6H,3,7H2,1-2H3. The van der Waals surface area contributed by atoms with Crippen LogP contribution >= 0.6 is 0 Å². The Morgan fingerprint density at radius 2 is 2.24 bits per heavy atom. The number of halogens is 1. The Hall–Kier alpha value is -1.98. The van der Waals surface area contributed by atoms with Gasteiger partial charge in [0.05, 0.1) is 18.9 Å². The van der Waals surface area contributed by atoms with Crippen molar-refractivity contribution >= 4 is 11.9 Å². The second-order valence-corrected chi connectivity index (χ2v) is 3.25. The molecule has 0 atom stereocenters. The van der Waals surface area contributed by atoms with Crippen LogP contribution in [-0.2, 0) is 9.53 Å². The summed E-state index contributed by atoms with van der Waals surface area (Å²) >= 11 is 0. The van der Waals surface area contributed by atoms with Crippen LogP contribution in [-0.4, -0.2) is 42.0 Å². The number of ether oxygens (including phenoxy) is 1. The molecule has 0 saturated carbocycles. The molecule has 0 radical (unpaired) electrons. The average Bonchev–Trinajstić information content (AvgIpc) is 2.35. The van der Waals surface area contributed by atoms with Crippen LogP contribution in [0, 0.1) is 5.82 Å². The molecule has 0 aliphatic carbocycles. The lowest BCUT2D eigenvalue weighted by Crippen LogP contribution is -2.36. The van der Waals surface area contributed by atoms with E-state index in [1.807, 2.05) is 0 Å². The van der Waals surface area contributed by atoms with Crippen molar-refractivity contribution < 1.29 is 18.7 Å². The lowest BCUT2D eigenvalue weighted by atomic mass is 10.2. The third kappa shape index (κ3) is 3.24. The van der Waals surface area contributed by atoms with E-state index in [2.05, 4.69) is 9.72 Å². The summed E-state index contributed by atoms with van der Waals surface area (Å²) in [6.45, 7) is 1.78. The number of esters is 1. The van der Waals surface area contributed by atoms with Gasteiger partial charge in [0.1, 0.15) is 6.54 Å². The van der Waals surface area contributed by atoms with Gasteiger partial charge in [0, 0.05) is 12.7 Å². The predicted molar refractivity (Wildman–Crippen MR) is 57.8 cm³/mol. The van der Waals surface area contributed by atoms with Crippen molar-refractivity contribution in [1.29, 1.82) is 0 Å². The van der Waals surface area contributed by atoms with E-state index in [0.29, 0.717) is 0 Å². The number of methoxy groups -OCH3 is 1. The number of likely N-dealkylation sites (N-methyl/N-ethyl adjacent to an activating group) is 1. The van der Waals surface area contributed by atoms with Gasteiger partial charge in [0.25, 0.3) is 5.91 Å². The number of amides is 1. The summed E-state index contributed by atoms with van der Waals surface area (Å²) in [7, 11) is 1.23. The maximum Gasteiger partial charge on any atom is 0.325 e. The van der Waals surface area contributed by atoms with Gasteiger partial charge in [-0.15, -0.1) is 0 Å². The Morgan fingerprint density at radius 3 is 2.76 bits per heavy atom. The van der Waals surface area contributed by atoms with Gasteiger partial charge in [-0.1, -0.05) is 0 Å². The molecule has 0 bridgehead atoms. The summed E-state index contributed by atoms with van der Waals surface area (Å²) in [5, 5.41) is 0. The number of hydrogen-bond acceptors (Lipinski definition) is 4. The first kappa shape index (κ1) is 13.1. The molecule has 1 amide bonds. The molecule has 5 nitrogen and oxygen atoms in total. The zero-order valence-corrected chi connectivity index (χ0v) is 9.64. The van der Waals surface area contributed by atoms with Crippen LogP contribution in [0.5, 0.6) is 0 Å². The number of rotatable bonds is 4. The fourth-order valence-corrected chi connectivity index (χ4v) is 1.27. The fourth-order valence-electron chi connectivity index (χ4n) is 1.27. The summed E-state index contributed by atoms with van der Waals surface area (Å²) in [5.74, 6) is -1.81. The highest BCUT2D eigenvalue weighted by Crippen LogP contribution is 2.08. The molecule has 1 aromatic rings. The quantitative estimate of drug-likeness (QED) is 0.732. The van der Waals surface area contributed by atoms with Crippen molar-refractivity contribution in [3.05, 3.63) is 29.8 Å². The van der Waals surface area contributed by atoms with Gasteiger partial charge in [0.15, 0.2) is 5.82 Å². The Kier molecular flexibility index (Phi) is 4.56. The molecule has 1 heterocycles. The van der Waals surface area contributed by atoms with Crippen LogP contribution in [0.1, 0.15) is 17.3 Å². The first-order valence-corrected chi connectivity index (χ1v) is 5.05. The molecule has 0 fully saturated rings. The van der Waals surface area contributed by atoms with E-state index in [1.165, 1.54) is 24.3 Å². The molecule has 0 N–H and O–H groups in total. The van der Waals surface area contributed by atoms with Crippen molar-refractivity contribution in [1.82, 2.24) is 9.88 Å². The van der Waals surface area contributed by atoms with Crippen molar-refractivity contribution in [2.24, 2.45) is 0 Å². The highest BCUT2D eigenvalue weighted by molar-refractivity contribution is 5.96. The third-order valence-corrected chi connectivity index (χ3v) is 2.22. The first-order chi connectivity index (χ1) is 8.10. The van der Waals surface area contributed by atoms with Gasteiger partial charge in [-0.3, -0.25) is 14.6 Å². The van der Waals surface area contributed by atoms with Crippen LogP contribution in [0.15, 0.2) is 18.5 Å². The Morgan fingerprint density at radius 1 is 1.53 bits per heavy atom. The lowest BCUT2D eigenvalue weighted by molar-refractivity contribution is -0.141. The van der Waals surface area contributed by atoms with Gasteiger partial charge < -0.3 is 9.64 Å². The second-order valence-electron chi connectivity index (χ2n) is 3.25. The van der Waals surface area contributed by atoms with E-state index >= 15 is 0 Å². The van der Waals surface area contributed by atoms with Gasteiger partial charge in [-0.25, -0.2) is 4.39 Å². The highest BCUT2D eigenvalue weighted by atomic mass is 19.1. The Balaban J connectivity index is 2.87. The van der Waals surface area contributed by atoms with Crippen LogP contribution in [0.2, 0.25) is 0 Å². The van der Waals surface area contributed by atoms with Crippen molar-refractivity contribution in [2.45, 2.75) is 6.92 Å². The number of carbonyl (C=O) groups excluding carboxylic acids is 2. The Bertz CT molecular complexity index is 423. The van der Waals surface area contributed by atoms with E-state index < -0.39 is 17.7 Å². The molecule has 92 valence electrons. The molecular weight excluding hydrogens is 227 g/mol. The molecule has 0 unspecified atom stereocenters. The normalized spacial score (nSPS) is 9.82. The summed E-state index contributed by atoms with van der Waals surface area (Å²) in [4.78, 5) is 27.7. The van der Waals surface area contributed by atoms with Crippen LogP contribution in [0.25, 0.3) is 0 Å². The topological polar surface area (TPSA) is 59.5 Å². The zero-order chi connectivity index (χ0) is 12.8. The largest absolute Gasteiger partial charge is 0.468 e. The van der Waals surface area contributed by atoms with Crippen LogP contribution in [0.4, 0.5) is 4.39 Å².